The number of sulfone groups is 1. The summed E-state index contributed by atoms with van der Waals surface area (Å²) in [6.07, 6.45) is 2.00. The zero-order valence-electron chi connectivity index (χ0n) is 10.1. The lowest BCUT2D eigenvalue weighted by molar-refractivity contribution is 0.178. The van der Waals surface area contributed by atoms with E-state index in [-0.39, 0.29) is 29.9 Å². The van der Waals surface area contributed by atoms with Crippen LogP contribution in [0, 0.1) is 5.92 Å². The van der Waals surface area contributed by atoms with Crippen molar-refractivity contribution in [2.45, 2.75) is 37.0 Å². The summed E-state index contributed by atoms with van der Waals surface area (Å²) in [5.41, 5.74) is 0. The molecule has 106 valence electrons. The molecule has 2 N–H and O–H groups in total. The van der Waals surface area contributed by atoms with Crippen LogP contribution in [-0.2, 0) is 19.9 Å². The third-order valence-electron chi connectivity index (χ3n) is 3.72. The van der Waals surface area contributed by atoms with E-state index >= 15 is 0 Å². The number of rotatable bonds is 4. The van der Waals surface area contributed by atoms with E-state index in [9.17, 15) is 21.9 Å². The predicted molar refractivity (Wildman–Crippen MR) is 67.3 cm³/mol. The highest BCUT2D eigenvalue weighted by Crippen LogP contribution is 2.25. The first-order chi connectivity index (χ1) is 8.28. The van der Waals surface area contributed by atoms with E-state index in [2.05, 4.69) is 4.72 Å². The molecule has 0 aromatic heterocycles. The smallest absolute Gasteiger partial charge is 0.215 e. The van der Waals surface area contributed by atoms with Crippen molar-refractivity contribution < 1.29 is 21.9 Å². The fourth-order valence-electron chi connectivity index (χ4n) is 2.59. The fourth-order valence-corrected chi connectivity index (χ4v) is 6.75. The fraction of sp³-hybridized carbons (Fsp3) is 1.00. The van der Waals surface area contributed by atoms with Gasteiger partial charge < -0.3 is 5.11 Å². The van der Waals surface area contributed by atoms with Gasteiger partial charge in [0.1, 0.15) is 0 Å². The Morgan fingerprint density at radius 1 is 1.22 bits per heavy atom. The molecule has 3 unspecified atom stereocenters. The Hall–Kier alpha value is -0.180. The van der Waals surface area contributed by atoms with Crippen LogP contribution in [0.3, 0.4) is 0 Å². The molecule has 3 atom stereocenters. The molecule has 8 heteroatoms. The first kappa shape index (κ1) is 14.2. The van der Waals surface area contributed by atoms with Crippen LogP contribution >= 0.6 is 0 Å². The number of aliphatic hydroxyl groups is 1. The van der Waals surface area contributed by atoms with Crippen LogP contribution in [0.25, 0.3) is 0 Å². The number of nitrogens with one attached hydrogen (secondary N) is 1. The van der Waals surface area contributed by atoms with Gasteiger partial charge in [0.2, 0.25) is 10.0 Å². The van der Waals surface area contributed by atoms with Gasteiger partial charge in [-0.1, -0.05) is 0 Å². The molecule has 1 saturated carbocycles. The maximum absolute atomic E-state index is 11.9. The van der Waals surface area contributed by atoms with Crippen molar-refractivity contribution in [2.75, 3.05) is 18.1 Å². The van der Waals surface area contributed by atoms with Crippen LogP contribution in [0.4, 0.5) is 0 Å². The van der Waals surface area contributed by atoms with E-state index in [1.165, 1.54) is 0 Å². The first-order valence-corrected chi connectivity index (χ1v) is 9.52. The summed E-state index contributed by atoms with van der Waals surface area (Å²) in [6, 6.07) is 0. The Labute approximate surface area is 108 Å². The highest BCUT2D eigenvalue weighted by molar-refractivity contribution is 7.95. The van der Waals surface area contributed by atoms with Crippen molar-refractivity contribution in [2.24, 2.45) is 5.92 Å². The lowest BCUT2D eigenvalue weighted by atomic mass is 10.1. The highest BCUT2D eigenvalue weighted by Gasteiger charge is 2.37. The van der Waals surface area contributed by atoms with Gasteiger partial charge in [0, 0.05) is 6.54 Å². The van der Waals surface area contributed by atoms with Gasteiger partial charge in [-0.2, -0.15) is 0 Å². The molecule has 1 aliphatic heterocycles. The van der Waals surface area contributed by atoms with Gasteiger partial charge in [-0.15, -0.1) is 0 Å². The maximum atomic E-state index is 11.9. The average molecular weight is 297 g/mol. The average Bonchev–Trinajstić information content (AvgIpc) is 2.82. The summed E-state index contributed by atoms with van der Waals surface area (Å²) >= 11 is 0. The van der Waals surface area contributed by atoms with Gasteiger partial charge in [-0.05, 0) is 31.6 Å². The van der Waals surface area contributed by atoms with Gasteiger partial charge in [0.15, 0.2) is 9.84 Å². The zero-order chi connectivity index (χ0) is 13.4. The number of hydrogen-bond donors (Lipinski definition) is 2. The Kier molecular flexibility index (Phi) is 4.01. The summed E-state index contributed by atoms with van der Waals surface area (Å²) in [4.78, 5) is 0. The van der Waals surface area contributed by atoms with E-state index in [1.54, 1.807) is 0 Å². The quantitative estimate of drug-likeness (QED) is 0.711. The predicted octanol–water partition coefficient (Wildman–Crippen LogP) is -0.746. The Morgan fingerprint density at radius 2 is 1.94 bits per heavy atom. The van der Waals surface area contributed by atoms with E-state index in [0.717, 1.165) is 6.42 Å². The minimum atomic E-state index is -3.55. The van der Waals surface area contributed by atoms with Crippen molar-refractivity contribution >= 4 is 19.9 Å². The molecular formula is C10H19NO5S2. The Bertz CT molecular complexity index is 498. The van der Waals surface area contributed by atoms with Crippen LogP contribution in [0.2, 0.25) is 0 Å². The summed E-state index contributed by atoms with van der Waals surface area (Å²) in [6.45, 7) is 0.302. The SMILES string of the molecule is O=S1(=O)CCC(S(=O)(=O)NCC2CCC(O)C2)C1. The van der Waals surface area contributed by atoms with E-state index in [0.29, 0.717) is 19.4 Å². The molecule has 0 radical (unpaired) electrons. The summed E-state index contributed by atoms with van der Waals surface area (Å²) in [7, 11) is -6.73. The van der Waals surface area contributed by atoms with Gasteiger partial charge in [0.25, 0.3) is 0 Å². The van der Waals surface area contributed by atoms with Gasteiger partial charge >= 0.3 is 0 Å². The molecular weight excluding hydrogens is 278 g/mol. The summed E-state index contributed by atoms with van der Waals surface area (Å²) in [5, 5.41) is 8.54. The number of sulfonamides is 1. The van der Waals surface area contributed by atoms with Gasteiger partial charge in [-0.3, -0.25) is 0 Å². The molecule has 0 aromatic rings. The third kappa shape index (κ3) is 3.43. The Morgan fingerprint density at radius 3 is 2.44 bits per heavy atom. The van der Waals surface area contributed by atoms with Crippen molar-refractivity contribution in [3.05, 3.63) is 0 Å². The first-order valence-electron chi connectivity index (χ1n) is 6.15. The second kappa shape index (κ2) is 5.07. The number of hydrogen-bond acceptors (Lipinski definition) is 5. The highest BCUT2D eigenvalue weighted by atomic mass is 32.2. The summed E-state index contributed by atoms with van der Waals surface area (Å²) < 4.78 is 48.9. The van der Waals surface area contributed by atoms with Crippen molar-refractivity contribution in [3.63, 3.8) is 0 Å². The molecule has 1 heterocycles. The zero-order valence-corrected chi connectivity index (χ0v) is 11.7. The van der Waals surface area contributed by atoms with Crippen molar-refractivity contribution in [3.8, 4) is 0 Å². The number of aliphatic hydroxyl groups excluding tert-OH is 1. The monoisotopic (exact) mass is 297 g/mol. The molecule has 2 aliphatic rings. The molecule has 2 rings (SSSR count). The van der Waals surface area contributed by atoms with Crippen LogP contribution < -0.4 is 4.72 Å². The standard InChI is InChI=1S/C10H19NO5S2/c12-9-2-1-8(5-9)6-11-18(15,16)10-3-4-17(13,14)7-10/h8-12H,1-7H2. The van der Waals surface area contributed by atoms with E-state index < -0.39 is 25.1 Å². The van der Waals surface area contributed by atoms with Crippen LogP contribution in [0.5, 0.6) is 0 Å². The van der Waals surface area contributed by atoms with Crippen LogP contribution in [-0.4, -0.2) is 51.3 Å². The van der Waals surface area contributed by atoms with Crippen LogP contribution in [0.15, 0.2) is 0 Å². The molecule has 1 aliphatic carbocycles. The molecule has 0 aromatic carbocycles. The normalized spacial score (nSPS) is 35.9. The largest absolute Gasteiger partial charge is 0.393 e. The van der Waals surface area contributed by atoms with E-state index in [4.69, 9.17) is 0 Å². The molecule has 18 heavy (non-hydrogen) atoms. The molecule has 1 saturated heterocycles. The van der Waals surface area contributed by atoms with Gasteiger partial charge in [0.05, 0.1) is 22.9 Å². The van der Waals surface area contributed by atoms with E-state index in [1.807, 2.05) is 0 Å². The molecule has 0 amide bonds. The molecule has 2 fully saturated rings. The minimum absolute atomic E-state index is 0.0410. The Balaban J connectivity index is 1.88. The van der Waals surface area contributed by atoms with Crippen molar-refractivity contribution in [1.82, 2.24) is 4.72 Å². The minimum Gasteiger partial charge on any atom is -0.393 e. The second-order valence-corrected chi connectivity index (χ2v) is 9.53. The second-order valence-electron chi connectivity index (χ2n) is 5.25. The summed E-state index contributed by atoms with van der Waals surface area (Å²) in [5.74, 6) is -0.149. The van der Waals surface area contributed by atoms with Crippen LogP contribution in [0.1, 0.15) is 25.7 Å². The van der Waals surface area contributed by atoms with Gasteiger partial charge in [-0.25, -0.2) is 21.6 Å². The topological polar surface area (TPSA) is 101 Å². The lowest BCUT2D eigenvalue weighted by Crippen LogP contribution is -2.37. The maximum Gasteiger partial charge on any atom is 0.215 e. The molecule has 0 bridgehead atoms. The molecule has 6 nitrogen and oxygen atoms in total. The van der Waals surface area contributed by atoms with Crippen molar-refractivity contribution in [1.29, 1.82) is 0 Å². The lowest BCUT2D eigenvalue weighted by Gasteiger charge is -2.14. The third-order valence-corrected chi connectivity index (χ3v) is 7.54. The molecule has 0 spiro atoms.